The van der Waals surface area contributed by atoms with Crippen molar-refractivity contribution < 1.29 is 4.52 Å². The van der Waals surface area contributed by atoms with Crippen molar-refractivity contribution in [1.82, 2.24) is 10.1 Å². The smallest absolute Gasteiger partial charge is 0.231 e. The highest BCUT2D eigenvalue weighted by Crippen LogP contribution is 2.24. The third kappa shape index (κ3) is 3.25. The molecule has 2 rings (SSSR count). The summed E-state index contributed by atoms with van der Waals surface area (Å²) >= 11 is 0. The number of nitrogens with zero attached hydrogens (tertiary/aromatic N) is 2. The predicted octanol–water partition coefficient (Wildman–Crippen LogP) is 3.70. The van der Waals surface area contributed by atoms with Crippen molar-refractivity contribution in [1.29, 1.82) is 0 Å². The lowest BCUT2D eigenvalue weighted by molar-refractivity contribution is 0.347. The molecule has 108 valence electrons. The van der Waals surface area contributed by atoms with Crippen molar-refractivity contribution in [2.75, 3.05) is 6.54 Å². The lowest BCUT2D eigenvalue weighted by atomic mass is 10.0. The molecule has 0 saturated heterocycles. The molecule has 0 amide bonds. The fourth-order valence-corrected chi connectivity index (χ4v) is 2.23. The molecule has 0 aliphatic carbocycles. The normalized spacial score (nSPS) is 12.8. The average molecular weight is 273 g/mol. The van der Waals surface area contributed by atoms with Gasteiger partial charge in [-0.05, 0) is 17.9 Å². The highest BCUT2D eigenvalue weighted by atomic mass is 16.5. The summed E-state index contributed by atoms with van der Waals surface area (Å²) in [5.74, 6) is 1.98. The summed E-state index contributed by atoms with van der Waals surface area (Å²) in [6.07, 6.45) is 2.03. The quantitative estimate of drug-likeness (QED) is 0.871. The SMILES string of the molecule is CCCC(CN)c1nc(-c2ccc(C(C)C)cc2)no1. The Bertz CT molecular complexity index is 531. The molecule has 0 aliphatic rings. The van der Waals surface area contributed by atoms with Crippen LogP contribution in [-0.2, 0) is 0 Å². The number of nitrogens with two attached hydrogens (primary N) is 1. The third-order valence-corrected chi connectivity index (χ3v) is 3.55. The molecule has 0 radical (unpaired) electrons. The summed E-state index contributed by atoms with van der Waals surface area (Å²) in [5, 5.41) is 4.07. The molecule has 1 unspecified atom stereocenters. The van der Waals surface area contributed by atoms with E-state index in [4.69, 9.17) is 10.3 Å². The summed E-state index contributed by atoms with van der Waals surface area (Å²) < 4.78 is 5.36. The topological polar surface area (TPSA) is 64.9 Å². The van der Waals surface area contributed by atoms with Crippen molar-refractivity contribution in [3.8, 4) is 11.4 Å². The van der Waals surface area contributed by atoms with E-state index in [0.717, 1.165) is 18.4 Å². The summed E-state index contributed by atoms with van der Waals surface area (Å²) in [6.45, 7) is 7.03. The van der Waals surface area contributed by atoms with Gasteiger partial charge in [0.15, 0.2) is 0 Å². The second-order valence-corrected chi connectivity index (χ2v) is 5.45. The van der Waals surface area contributed by atoms with Crippen molar-refractivity contribution in [3.63, 3.8) is 0 Å². The van der Waals surface area contributed by atoms with Crippen LogP contribution in [0.3, 0.4) is 0 Å². The molecular formula is C16H23N3O. The molecule has 0 saturated carbocycles. The molecule has 0 fully saturated rings. The van der Waals surface area contributed by atoms with E-state index < -0.39 is 0 Å². The van der Waals surface area contributed by atoms with Crippen molar-refractivity contribution >= 4 is 0 Å². The van der Waals surface area contributed by atoms with Gasteiger partial charge in [0.1, 0.15) is 0 Å². The van der Waals surface area contributed by atoms with Gasteiger partial charge in [-0.1, -0.05) is 56.6 Å². The first kappa shape index (κ1) is 14.7. The molecule has 20 heavy (non-hydrogen) atoms. The van der Waals surface area contributed by atoms with Crippen molar-refractivity contribution in [2.24, 2.45) is 5.73 Å². The maximum Gasteiger partial charge on any atom is 0.231 e. The Kier molecular flexibility index (Phi) is 4.90. The van der Waals surface area contributed by atoms with Crippen LogP contribution in [0.15, 0.2) is 28.8 Å². The number of hydrogen-bond donors (Lipinski definition) is 1. The molecule has 4 heteroatoms. The maximum absolute atomic E-state index is 5.76. The molecule has 2 aromatic rings. The summed E-state index contributed by atoms with van der Waals surface area (Å²) in [6, 6.07) is 8.31. The highest BCUT2D eigenvalue weighted by molar-refractivity contribution is 5.54. The van der Waals surface area contributed by atoms with Crippen LogP contribution < -0.4 is 5.73 Å². The van der Waals surface area contributed by atoms with Gasteiger partial charge in [-0.2, -0.15) is 4.98 Å². The molecule has 4 nitrogen and oxygen atoms in total. The Balaban J connectivity index is 2.19. The third-order valence-electron chi connectivity index (χ3n) is 3.55. The Labute approximate surface area is 120 Å². The molecule has 0 bridgehead atoms. The summed E-state index contributed by atoms with van der Waals surface area (Å²) in [5.41, 5.74) is 8.06. The van der Waals surface area contributed by atoms with Gasteiger partial charge in [0.25, 0.3) is 0 Å². The lowest BCUT2D eigenvalue weighted by Gasteiger charge is -2.06. The van der Waals surface area contributed by atoms with Crippen LogP contribution in [-0.4, -0.2) is 16.7 Å². The maximum atomic E-state index is 5.76. The molecule has 1 aromatic carbocycles. The fourth-order valence-electron chi connectivity index (χ4n) is 2.23. The first-order valence-corrected chi connectivity index (χ1v) is 7.29. The first-order chi connectivity index (χ1) is 9.65. The molecule has 1 heterocycles. The largest absolute Gasteiger partial charge is 0.339 e. The average Bonchev–Trinajstić information content (AvgIpc) is 2.94. The van der Waals surface area contributed by atoms with E-state index in [1.54, 1.807) is 0 Å². The van der Waals surface area contributed by atoms with Gasteiger partial charge in [0.2, 0.25) is 11.7 Å². The Hall–Kier alpha value is -1.68. The minimum Gasteiger partial charge on any atom is -0.339 e. The van der Waals surface area contributed by atoms with Crippen molar-refractivity contribution in [2.45, 2.75) is 45.4 Å². The van der Waals surface area contributed by atoms with Crippen LogP contribution in [0.2, 0.25) is 0 Å². The van der Waals surface area contributed by atoms with Crippen molar-refractivity contribution in [3.05, 3.63) is 35.7 Å². The van der Waals surface area contributed by atoms with Gasteiger partial charge < -0.3 is 10.3 Å². The molecule has 1 aromatic heterocycles. The van der Waals surface area contributed by atoms with E-state index in [1.165, 1.54) is 5.56 Å². The predicted molar refractivity (Wildman–Crippen MR) is 80.5 cm³/mol. The zero-order chi connectivity index (χ0) is 14.5. The van der Waals surface area contributed by atoms with Gasteiger partial charge in [-0.3, -0.25) is 0 Å². The van der Waals surface area contributed by atoms with Crippen LogP contribution in [0.4, 0.5) is 0 Å². The van der Waals surface area contributed by atoms with Gasteiger partial charge >= 0.3 is 0 Å². The minimum atomic E-state index is 0.163. The van der Waals surface area contributed by atoms with E-state index in [-0.39, 0.29) is 5.92 Å². The molecule has 2 N–H and O–H groups in total. The van der Waals surface area contributed by atoms with Gasteiger partial charge in [0.05, 0.1) is 5.92 Å². The van der Waals surface area contributed by atoms with Crippen LogP contribution >= 0.6 is 0 Å². The van der Waals surface area contributed by atoms with E-state index in [9.17, 15) is 0 Å². The Morgan fingerprint density at radius 1 is 1.20 bits per heavy atom. The number of aromatic nitrogens is 2. The van der Waals surface area contributed by atoms with Crippen LogP contribution in [0, 0.1) is 0 Å². The van der Waals surface area contributed by atoms with Crippen LogP contribution in [0.25, 0.3) is 11.4 Å². The monoisotopic (exact) mass is 273 g/mol. The van der Waals surface area contributed by atoms with E-state index in [2.05, 4.69) is 43.0 Å². The van der Waals surface area contributed by atoms with E-state index in [0.29, 0.717) is 24.2 Å². The van der Waals surface area contributed by atoms with Gasteiger partial charge in [-0.15, -0.1) is 0 Å². The lowest BCUT2D eigenvalue weighted by Crippen LogP contribution is -2.12. The van der Waals surface area contributed by atoms with E-state index >= 15 is 0 Å². The summed E-state index contributed by atoms with van der Waals surface area (Å²) in [4.78, 5) is 4.49. The molecule has 0 spiro atoms. The second-order valence-electron chi connectivity index (χ2n) is 5.45. The first-order valence-electron chi connectivity index (χ1n) is 7.29. The van der Waals surface area contributed by atoms with E-state index in [1.807, 2.05) is 12.1 Å². The second kappa shape index (κ2) is 6.66. The fraction of sp³-hybridized carbons (Fsp3) is 0.500. The summed E-state index contributed by atoms with van der Waals surface area (Å²) in [7, 11) is 0. The van der Waals surface area contributed by atoms with Gasteiger partial charge in [0, 0.05) is 12.1 Å². The number of hydrogen-bond acceptors (Lipinski definition) is 4. The Morgan fingerprint density at radius 2 is 1.90 bits per heavy atom. The zero-order valence-corrected chi connectivity index (χ0v) is 12.5. The zero-order valence-electron chi connectivity index (χ0n) is 12.5. The molecule has 1 atom stereocenters. The van der Waals surface area contributed by atoms with Crippen LogP contribution in [0.1, 0.15) is 56.9 Å². The standard InChI is InChI=1S/C16H23N3O/c1-4-5-14(10-17)16-18-15(19-20-16)13-8-6-12(7-9-13)11(2)3/h6-9,11,14H,4-5,10,17H2,1-3H3. The van der Waals surface area contributed by atoms with Crippen LogP contribution in [0.5, 0.6) is 0 Å². The Morgan fingerprint density at radius 3 is 2.45 bits per heavy atom. The molecule has 0 aliphatic heterocycles. The minimum absolute atomic E-state index is 0.163. The number of benzene rings is 1. The van der Waals surface area contributed by atoms with Gasteiger partial charge in [-0.25, -0.2) is 0 Å². The molecular weight excluding hydrogens is 250 g/mol. The highest BCUT2D eigenvalue weighted by Gasteiger charge is 2.17. The number of rotatable bonds is 6.